The molecular formula is C25H17ClN2O3S. The summed E-state index contributed by atoms with van der Waals surface area (Å²) in [6.45, 7) is 1.53. The first-order valence-corrected chi connectivity index (χ1v) is 10.5. The molecule has 0 unspecified atom stereocenters. The number of halogens is 1. The highest BCUT2D eigenvalue weighted by Crippen LogP contribution is 2.25. The Morgan fingerprint density at radius 2 is 1.66 bits per heavy atom. The number of benzene rings is 3. The molecule has 1 N–H and O–H groups in total. The first kappa shape index (κ1) is 21.6. The number of Topliss-reactive ketones (excluding diaryl/α,β-unsaturated/α-hetero) is 1. The number of thiocarbonyl (C=S) groups is 1. The van der Waals surface area contributed by atoms with Crippen LogP contribution in [0.5, 0.6) is 0 Å². The summed E-state index contributed by atoms with van der Waals surface area (Å²) >= 11 is 11.1. The van der Waals surface area contributed by atoms with E-state index in [1.807, 2.05) is 42.5 Å². The monoisotopic (exact) mass is 460 g/mol. The third kappa shape index (κ3) is 4.37. The molecule has 0 saturated carbocycles. The molecule has 0 atom stereocenters. The zero-order chi connectivity index (χ0) is 22.8. The van der Waals surface area contributed by atoms with Gasteiger partial charge in [-0.1, -0.05) is 54.1 Å². The van der Waals surface area contributed by atoms with Crippen molar-refractivity contribution >= 4 is 58.3 Å². The van der Waals surface area contributed by atoms with Gasteiger partial charge in [-0.15, -0.1) is 0 Å². The van der Waals surface area contributed by atoms with E-state index >= 15 is 0 Å². The first-order valence-electron chi connectivity index (χ1n) is 9.72. The van der Waals surface area contributed by atoms with Gasteiger partial charge in [0.25, 0.3) is 11.8 Å². The maximum Gasteiger partial charge on any atom is 0.270 e. The smallest absolute Gasteiger partial charge is 0.270 e. The van der Waals surface area contributed by atoms with Crippen molar-refractivity contribution in [3.8, 4) is 11.1 Å². The van der Waals surface area contributed by atoms with Gasteiger partial charge in [-0.05, 0) is 72.2 Å². The molecule has 2 amide bonds. The van der Waals surface area contributed by atoms with Gasteiger partial charge in [0.2, 0.25) is 0 Å². The van der Waals surface area contributed by atoms with E-state index in [2.05, 4.69) is 5.32 Å². The zero-order valence-electron chi connectivity index (χ0n) is 17.0. The van der Waals surface area contributed by atoms with Crippen LogP contribution in [-0.2, 0) is 9.59 Å². The summed E-state index contributed by atoms with van der Waals surface area (Å²) in [5, 5.41) is 3.10. The lowest BCUT2D eigenvalue weighted by atomic mass is 9.99. The molecule has 0 aromatic heterocycles. The molecule has 32 heavy (non-hydrogen) atoms. The molecule has 1 saturated heterocycles. The molecule has 0 radical (unpaired) electrons. The second-order valence-corrected chi connectivity index (χ2v) is 8.02. The average molecular weight is 461 g/mol. The molecule has 0 spiro atoms. The minimum atomic E-state index is -0.552. The molecule has 0 bridgehead atoms. The highest BCUT2D eigenvalue weighted by Gasteiger charge is 2.34. The van der Waals surface area contributed by atoms with E-state index < -0.39 is 11.8 Å². The Hall–Kier alpha value is -3.61. The minimum absolute atomic E-state index is 0.00168. The van der Waals surface area contributed by atoms with Gasteiger partial charge in [-0.25, -0.2) is 0 Å². The number of rotatable bonds is 4. The predicted molar refractivity (Wildman–Crippen MR) is 130 cm³/mol. The Labute approximate surface area is 195 Å². The van der Waals surface area contributed by atoms with Crippen molar-refractivity contribution in [1.82, 2.24) is 5.32 Å². The third-order valence-corrected chi connectivity index (χ3v) is 5.55. The van der Waals surface area contributed by atoms with Gasteiger partial charge in [0.05, 0.1) is 5.69 Å². The number of anilines is 1. The van der Waals surface area contributed by atoms with E-state index in [-0.39, 0.29) is 16.5 Å². The Kier molecular flexibility index (Phi) is 5.99. The van der Waals surface area contributed by atoms with E-state index in [4.69, 9.17) is 23.8 Å². The van der Waals surface area contributed by atoms with Crippen molar-refractivity contribution in [2.24, 2.45) is 0 Å². The van der Waals surface area contributed by atoms with Crippen molar-refractivity contribution in [2.75, 3.05) is 4.90 Å². The lowest BCUT2D eigenvalue weighted by Crippen LogP contribution is -2.54. The van der Waals surface area contributed by atoms with Crippen LogP contribution in [0, 0.1) is 0 Å². The van der Waals surface area contributed by atoms with E-state index in [1.54, 1.807) is 30.3 Å². The van der Waals surface area contributed by atoms with Gasteiger partial charge in [-0.2, -0.15) is 0 Å². The largest absolute Gasteiger partial charge is 0.298 e. The highest BCUT2D eigenvalue weighted by molar-refractivity contribution is 7.80. The molecule has 4 rings (SSSR count). The van der Waals surface area contributed by atoms with Crippen LogP contribution in [0.15, 0.2) is 78.4 Å². The lowest BCUT2D eigenvalue weighted by molar-refractivity contribution is -0.122. The van der Waals surface area contributed by atoms with E-state index in [1.165, 1.54) is 17.9 Å². The number of carbonyl (C=O) groups excluding carboxylic acids is 3. The van der Waals surface area contributed by atoms with E-state index in [9.17, 15) is 14.4 Å². The first-order chi connectivity index (χ1) is 15.3. The Morgan fingerprint density at radius 3 is 2.31 bits per heavy atom. The predicted octanol–water partition coefficient (Wildman–Crippen LogP) is 5.04. The van der Waals surface area contributed by atoms with Crippen LogP contribution in [0.2, 0.25) is 5.02 Å². The van der Waals surface area contributed by atoms with Gasteiger partial charge >= 0.3 is 0 Å². The van der Waals surface area contributed by atoms with Crippen LogP contribution in [0.1, 0.15) is 22.8 Å². The molecule has 3 aromatic rings. The number of nitrogens with zero attached hydrogens (tertiary/aromatic N) is 1. The van der Waals surface area contributed by atoms with Gasteiger partial charge in [-0.3, -0.25) is 24.6 Å². The number of ketones is 1. The third-order valence-electron chi connectivity index (χ3n) is 5.01. The van der Waals surface area contributed by atoms with Gasteiger partial charge < -0.3 is 0 Å². The number of hydrogen-bond acceptors (Lipinski definition) is 4. The van der Waals surface area contributed by atoms with Crippen LogP contribution in [0.3, 0.4) is 0 Å². The van der Waals surface area contributed by atoms with Gasteiger partial charge in [0, 0.05) is 10.6 Å². The van der Waals surface area contributed by atoms with Crippen molar-refractivity contribution < 1.29 is 14.4 Å². The number of amides is 2. The standard InChI is InChI=1S/C25H17ClN2O3S/c1-15(29)18-3-2-4-19(14-18)17-7-5-16(6-8-17)13-22-23(30)27-25(32)28(24(22)31)21-11-9-20(26)10-12-21/h2-14H,1H3,(H,27,30,32). The molecule has 1 heterocycles. The maximum absolute atomic E-state index is 13.1. The van der Waals surface area contributed by atoms with Crippen molar-refractivity contribution in [2.45, 2.75) is 6.92 Å². The molecule has 158 valence electrons. The molecular weight excluding hydrogens is 444 g/mol. The van der Waals surface area contributed by atoms with Crippen LogP contribution in [0.25, 0.3) is 17.2 Å². The minimum Gasteiger partial charge on any atom is -0.298 e. The Bertz CT molecular complexity index is 1280. The quantitative estimate of drug-likeness (QED) is 0.256. The summed E-state index contributed by atoms with van der Waals surface area (Å²) in [5.74, 6) is -1.07. The SMILES string of the molecule is CC(=O)c1cccc(-c2ccc(C=C3C(=O)NC(=S)N(c4ccc(Cl)cc4)C3=O)cc2)c1. The van der Waals surface area contributed by atoms with Crippen LogP contribution >= 0.6 is 23.8 Å². The Morgan fingerprint density at radius 1 is 0.969 bits per heavy atom. The molecule has 3 aromatic carbocycles. The molecule has 7 heteroatoms. The van der Waals surface area contributed by atoms with E-state index in [0.29, 0.717) is 21.8 Å². The molecule has 0 aliphatic carbocycles. The van der Waals surface area contributed by atoms with Gasteiger partial charge in [0.1, 0.15) is 5.57 Å². The fraction of sp³-hybridized carbons (Fsp3) is 0.0400. The maximum atomic E-state index is 13.1. The molecule has 1 aliphatic heterocycles. The Balaban J connectivity index is 1.63. The summed E-state index contributed by atoms with van der Waals surface area (Å²) in [5.41, 5.74) is 3.62. The van der Waals surface area contributed by atoms with Crippen molar-refractivity contribution in [3.05, 3.63) is 94.5 Å². The summed E-state index contributed by atoms with van der Waals surface area (Å²) in [7, 11) is 0. The number of hydrogen-bond donors (Lipinski definition) is 1. The summed E-state index contributed by atoms with van der Waals surface area (Å²) < 4.78 is 0. The molecule has 1 aliphatic rings. The van der Waals surface area contributed by atoms with E-state index in [0.717, 1.165) is 11.1 Å². The molecule has 5 nitrogen and oxygen atoms in total. The highest BCUT2D eigenvalue weighted by atomic mass is 35.5. The van der Waals surface area contributed by atoms with Crippen LogP contribution in [-0.4, -0.2) is 22.7 Å². The van der Waals surface area contributed by atoms with Crippen LogP contribution in [0.4, 0.5) is 5.69 Å². The average Bonchev–Trinajstić information content (AvgIpc) is 2.78. The lowest BCUT2D eigenvalue weighted by Gasteiger charge is -2.28. The van der Waals surface area contributed by atoms with Crippen molar-refractivity contribution in [1.29, 1.82) is 0 Å². The summed E-state index contributed by atoms with van der Waals surface area (Å²) in [4.78, 5) is 38.4. The van der Waals surface area contributed by atoms with Crippen LogP contribution < -0.4 is 10.2 Å². The molecule has 1 fully saturated rings. The van der Waals surface area contributed by atoms with Crippen molar-refractivity contribution in [3.63, 3.8) is 0 Å². The second kappa shape index (κ2) is 8.86. The fourth-order valence-electron chi connectivity index (χ4n) is 3.34. The normalized spacial score (nSPS) is 15.1. The number of carbonyl (C=O) groups is 3. The fourth-order valence-corrected chi connectivity index (χ4v) is 3.75. The topological polar surface area (TPSA) is 66.5 Å². The summed E-state index contributed by atoms with van der Waals surface area (Å²) in [6.07, 6.45) is 1.53. The number of nitrogens with one attached hydrogen (secondary N) is 1. The second-order valence-electron chi connectivity index (χ2n) is 7.19. The zero-order valence-corrected chi connectivity index (χ0v) is 18.5. The van der Waals surface area contributed by atoms with Gasteiger partial charge in [0.15, 0.2) is 10.9 Å². The summed E-state index contributed by atoms with van der Waals surface area (Å²) in [6, 6.07) is 21.3.